The average molecular weight is 702 g/mol. The van der Waals surface area contributed by atoms with Crippen LogP contribution >= 0.6 is 0 Å². The topological polar surface area (TPSA) is 51.8 Å². The van der Waals surface area contributed by atoms with Gasteiger partial charge in [0.2, 0.25) is 0 Å². The minimum Gasteiger partial charge on any atom is -0.456 e. The molecule has 256 valence electrons. The Labute approximate surface area is 317 Å². The van der Waals surface area contributed by atoms with Crippen LogP contribution in [0.2, 0.25) is 0 Å². The lowest BCUT2D eigenvalue weighted by Gasteiger charge is -2.12. The van der Waals surface area contributed by atoms with E-state index in [1.165, 1.54) is 43.4 Å². The number of furan rings is 1. The van der Waals surface area contributed by atoms with Crippen molar-refractivity contribution >= 4 is 43.5 Å². The zero-order valence-electron chi connectivity index (χ0n) is 29.6. The third kappa shape index (κ3) is 5.34. The zero-order valence-corrected chi connectivity index (χ0v) is 29.6. The minimum absolute atomic E-state index is 0.639. The monoisotopic (exact) mass is 701 g/mol. The van der Waals surface area contributed by atoms with Crippen molar-refractivity contribution in [3.63, 3.8) is 0 Å². The van der Waals surface area contributed by atoms with Crippen LogP contribution in [0, 0.1) is 0 Å². The number of hydrogen-bond acceptors (Lipinski definition) is 4. The van der Waals surface area contributed by atoms with Crippen LogP contribution in [0.25, 0.3) is 111 Å². The van der Waals surface area contributed by atoms with E-state index in [1.807, 2.05) is 60.7 Å². The van der Waals surface area contributed by atoms with Gasteiger partial charge in [-0.25, -0.2) is 15.0 Å². The third-order valence-electron chi connectivity index (χ3n) is 10.7. The number of nitrogens with zero attached hydrogens (tertiary/aromatic N) is 3. The summed E-state index contributed by atoms with van der Waals surface area (Å²) in [6, 6.07) is 65.9. The molecule has 0 radical (unpaired) electrons. The first-order valence-corrected chi connectivity index (χ1v) is 18.5. The van der Waals surface area contributed by atoms with Crippen LogP contribution in [0.5, 0.6) is 0 Å². The number of benzene rings is 9. The first-order valence-electron chi connectivity index (χ1n) is 18.5. The Hall–Kier alpha value is -7.43. The van der Waals surface area contributed by atoms with Crippen molar-refractivity contribution in [2.75, 3.05) is 0 Å². The predicted octanol–water partition coefficient (Wildman–Crippen LogP) is 13.5. The summed E-state index contributed by atoms with van der Waals surface area (Å²) >= 11 is 0. The van der Waals surface area contributed by atoms with Crippen LogP contribution in [-0.4, -0.2) is 15.0 Å². The van der Waals surface area contributed by atoms with Crippen LogP contribution < -0.4 is 0 Å². The molecule has 4 heteroatoms. The molecule has 0 N–H and O–H groups in total. The second-order valence-electron chi connectivity index (χ2n) is 14.0. The van der Waals surface area contributed by atoms with Gasteiger partial charge in [0.25, 0.3) is 0 Å². The molecule has 4 nitrogen and oxygen atoms in total. The molecule has 0 atom stereocenters. The number of hydrogen-bond donors (Lipinski definition) is 0. The molecule has 0 saturated heterocycles. The summed E-state index contributed by atoms with van der Waals surface area (Å²) in [6.45, 7) is 0. The van der Waals surface area contributed by atoms with Gasteiger partial charge in [-0.2, -0.15) is 0 Å². The Morgan fingerprint density at radius 1 is 0.255 bits per heavy atom. The van der Waals surface area contributed by atoms with E-state index in [4.69, 9.17) is 19.4 Å². The van der Waals surface area contributed by atoms with Gasteiger partial charge in [0.15, 0.2) is 17.5 Å². The van der Waals surface area contributed by atoms with Gasteiger partial charge in [0.05, 0.1) is 0 Å². The molecular weight excluding hydrogens is 671 g/mol. The van der Waals surface area contributed by atoms with Crippen molar-refractivity contribution in [3.8, 4) is 67.5 Å². The van der Waals surface area contributed by atoms with Gasteiger partial charge in [0.1, 0.15) is 11.2 Å². The fraction of sp³-hybridized carbons (Fsp3) is 0. The van der Waals surface area contributed by atoms with E-state index in [9.17, 15) is 0 Å². The van der Waals surface area contributed by atoms with Crippen LogP contribution in [0.3, 0.4) is 0 Å². The summed E-state index contributed by atoms with van der Waals surface area (Å²) in [6.07, 6.45) is 0. The molecule has 2 heterocycles. The minimum atomic E-state index is 0.639. The van der Waals surface area contributed by atoms with Crippen molar-refractivity contribution in [3.05, 3.63) is 188 Å². The van der Waals surface area contributed by atoms with E-state index in [1.54, 1.807) is 0 Å². The van der Waals surface area contributed by atoms with E-state index < -0.39 is 0 Å². The molecule has 0 unspecified atom stereocenters. The zero-order chi connectivity index (χ0) is 36.3. The highest BCUT2D eigenvalue weighted by Crippen LogP contribution is 2.43. The summed E-state index contributed by atoms with van der Waals surface area (Å²) in [5.74, 6) is 1.94. The second-order valence-corrected chi connectivity index (χ2v) is 14.0. The lowest BCUT2D eigenvalue weighted by molar-refractivity contribution is 0.669. The predicted molar refractivity (Wildman–Crippen MR) is 226 cm³/mol. The fourth-order valence-corrected chi connectivity index (χ4v) is 8.03. The van der Waals surface area contributed by atoms with Gasteiger partial charge in [-0.05, 0) is 91.3 Å². The van der Waals surface area contributed by atoms with E-state index >= 15 is 0 Å². The number of fused-ring (bicyclic) bond motifs is 3. The highest BCUT2D eigenvalue weighted by atomic mass is 16.3. The maximum atomic E-state index is 6.27. The van der Waals surface area contributed by atoms with Crippen LogP contribution in [0.15, 0.2) is 192 Å². The first kappa shape index (κ1) is 31.1. The van der Waals surface area contributed by atoms with Crippen molar-refractivity contribution < 1.29 is 4.42 Å². The first-order chi connectivity index (χ1) is 27.2. The molecule has 0 fully saturated rings. The van der Waals surface area contributed by atoms with Gasteiger partial charge in [-0.1, -0.05) is 152 Å². The lowest BCUT2D eigenvalue weighted by atomic mass is 9.91. The lowest BCUT2D eigenvalue weighted by Crippen LogP contribution is -2.00. The maximum Gasteiger partial charge on any atom is 0.164 e. The van der Waals surface area contributed by atoms with Crippen LogP contribution in [0.4, 0.5) is 0 Å². The molecule has 9 aromatic carbocycles. The summed E-state index contributed by atoms with van der Waals surface area (Å²) in [4.78, 5) is 14.8. The molecule has 0 bridgehead atoms. The Morgan fingerprint density at radius 2 is 0.636 bits per heavy atom. The van der Waals surface area contributed by atoms with Crippen molar-refractivity contribution in [2.45, 2.75) is 0 Å². The van der Waals surface area contributed by atoms with Gasteiger partial charge >= 0.3 is 0 Å². The highest BCUT2D eigenvalue weighted by molar-refractivity contribution is 6.33. The summed E-state index contributed by atoms with van der Waals surface area (Å²) in [7, 11) is 0. The van der Waals surface area contributed by atoms with Crippen molar-refractivity contribution in [2.24, 2.45) is 0 Å². The maximum absolute atomic E-state index is 6.27. The van der Waals surface area contributed by atoms with Gasteiger partial charge in [-0.3, -0.25) is 0 Å². The number of rotatable bonds is 6. The fourth-order valence-electron chi connectivity index (χ4n) is 8.03. The Kier molecular flexibility index (Phi) is 7.14. The highest BCUT2D eigenvalue weighted by Gasteiger charge is 2.18. The summed E-state index contributed by atoms with van der Waals surface area (Å²) in [5, 5.41) is 7.35. The SMILES string of the molecule is c1ccc(-c2nc(-c3ccccc3)nc(-c3cccc(-c4cccc(-c5cccc(-c6ccc7c(c6)c6cccc8oc9cccc7c9c86)c5)c4)c3)n2)cc1. The molecule has 0 aliphatic heterocycles. The van der Waals surface area contributed by atoms with Crippen LogP contribution in [0.1, 0.15) is 0 Å². The van der Waals surface area contributed by atoms with E-state index in [-0.39, 0.29) is 0 Å². The third-order valence-corrected chi connectivity index (χ3v) is 10.7. The van der Waals surface area contributed by atoms with E-state index in [2.05, 4.69) is 127 Å². The molecule has 0 spiro atoms. The van der Waals surface area contributed by atoms with Gasteiger partial charge in [-0.15, -0.1) is 0 Å². The Balaban J connectivity index is 0.965. The number of aromatic nitrogens is 3. The average Bonchev–Trinajstić information content (AvgIpc) is 3.66. The quantitative estimate of drug-likeness (QED) is 0.162. The van der Waals surface area contributed by atoms with Crippen molar-refractivity contribution in [1.82, 2.24) is 15.0 Å². The molecule has 11 rings (SSSR count). The smallest absolute Gasteiger partial charge is 0.164 e. The molecule has 0 saturated carbocycles. The second kappa shape index (κ2) is 12.6. The molecule has 0 amide bonds. The van der Waals surface area contributed by atoms with E-state index in [0.717, 1.165) is 50.1 Å². The molecule has 0 aliphatic carbocycles. The molecule has 2 aromatic heterocycles. The van der Waals surface area contributed by atoms with Gasteiger partial charge in [0, 0.05) is 27.5 Å². The summed E-state index contributed by atoms with van der Waals surface area (Å²) < 4.78 is 6.27. The normalized spacial score (nSPS) is 11.6. The van der Waals surface area contributed by atoms with E-state index in [0.29, 0.717) is 17.5 Å². The molecule has 55 heavy (non-hydrogen) atoms. The standard InChI is InChI=1S/C51H31N3O/c1-3-12-32(13-4-1)49-52-50(33-14-5-2-6-15-33)54-51(53-49)40-21-9-20-38(30-40)36-18-7-16-34(28-36)35-17-8-19-37(29-35)39-26-27-41-42-22-10-24-45-47(42)48-43(44(41)31-39)23-11-25-46(48)55-45/h1-31H. The summed E-state index contributed by atoms with van der Waals surface area (Å²) in [5.41, 5.74) is 11.6. The molecule has 0 aliphatic rings. The Bertz CT molecular complexity index is 3150. The molecule has 11 aromatic rings. The van der Waals surface area contributed by atoms with Crippen LogP contribution in [-0.2, 0) is 0 Å². The van der Waals surface area contributed by atoms with Crippen molar-refractivity contribution in [1.29, 1.82) is 0 Å². The largest absolute Gasteiger partial charge is 0.456 e. The Morgan fingerprint density at radius 3 is 1.15 bits per heavy atom. The molecular formula is C51H31N3O. The van der Waals surface area contributed by atoms with Gasteiger partial charge < -0.3 is 4.42 Å².